The monoisotopic (exact) mass is 554 g/mol. The molecular weight excluding hydrogens is 524 g/mol. The minimum atomic E-state index is -0.879. The van der Waals surface area contributed by atoms with Crippen molar-refractivity contribution >= 4 is 44.1 Å². The number of Topliss-reactive ketones (excluding diaryl/α,β-unsaturated/α-hetero) is 1. The highest BCUT2D eigenvalue weighted by Gasteiger charge is 2.48. The second kappa shape index (κ2) is 10.1. The van der Waals surface area contributed by atoms with E-state index >= 15 is 0 Å². The maximum absolute atomic E-state index is 13.7. The topological polar surface area (TPSA) is 89.0 Å². The number of hydrogen-bond acceptors (Lipinski definition) is 7. The number of aryl methyl sites for hydroxylation is 2. The highest BCUT2D eigenvalue weighted by atomic mass is 32.1. The Kier molecular flexibility index (Phi) is 6.58. The molecule has 7 nitrogen and oxygen atoms in total. The van der Waals surface area contributed by atoms with Crippen molar-refractivity contribution in [1.29, 1.82) is 0 Å². The number of ether oxygens (including phenoxy) is 2. The standard InChI is InChI=1S/C32H30N2O5S/c1-5-11-38-23-8-6-7-20(16-23)28-26(29(35)21-9-10-24-22(15-21)14-19(4)39-24)30(36)31(37)34(28)32-33-27-18(3)12-17(2)13-25(27)40-32/h6-10,12-13,15-16,19,28,35H,5,11,14H2,1-4H3/t19-,28+/m0/s1. The lowest BCUT2D eigenvalue weighted by molar-refractivity contribution is -0.132. The van der Waals surface area contributed by atoms with Crippen LogP contribution in [0.4, 0.5) is 5.13 Å². The molecule has 1 saturated heterocycles. The van der Waals surface area contributed by atoms with Gasteiger partial charge in [-0.3, -0.25) is 14.5 Å². The number of hydrogen-bond donors (Lipinski definition) is 1. The van der Waals surface area contributed by atoms with Crippen molar-refractivity contribution in [2.75, 3.05) is 11.5 Å². The van der Waals surface area contributed by atoms with Crippen LogP contribution in [0.5, 0.6) is 11.5 Å². The normalized spacial score (nSPS) is 19.8. The zero-order valence-corrected chi connectivity index (χ0v) is 23.7. The van der Waals surface area contributed by atoms with Crippen LogP contribution in [-0.2, 0) is 16.0 Å². The van der Waals surface area contributed by atoms with E-state index in [-0.39, 0.29) is 17.4 Å². The van der Waals surface area contributed by atoms with Crippen molar-refractivity contribution in [2.45, 2.75) is 52.7 Å². The highest BCUT2D eigenvalue weighted by Crippen LogP contribution is 2.45. The molecule has 3 aromatic carbocycles. The van der Waals surface area contributed by atoms with E-state index in [1.54, 1.807) is 12.1 Å². The summed E-state index contributed by atoms with van der Waals surface area (Å²) in [4.78, 5) is 33.6. The molecule has 3 heterocycles. The van der Waals surface area contributed by atoms with Crippen molar-refractivity contribution in [1.82, 2.24) is 4.98 Å². The molecule has 40 heavy (non-hydrogen) atoms. The first-order valence-corrected chi connectivity index (χ1v) is 14.3. The zero-order chi connectivity index (χ0) is 28.1. The van der Waals surface area contributed by atoms with Crippen LogP contribution in [0.1, 0.15) is 54.1 Å². The van der Waals surface area contributed by atoms with Crippen LogP contribution in [-0.4, -0.2) is 34.5 Å². The van der Waals surface area contributed by atoms with Gasteiger partial charge in [0.15, 0.2) is 5.13 Å². The molecule has 0 unspecified atom stereocenters. The number of aliphatic hydroxyl groups excluding tert-OH is 1. The number of benzene rings is 3. The number of carbonyl (C=O) groups excluding carboxylic acids is 2. The lowest BCUT2D eigenvalue weighted by atomic mass is 9.94. The first-order chi connectivity index (χ1) is 19.2. The second-order valence-corrected chi connectivity index (χ2v) is 11.5. The quantitative estimate of drug-likeness (QED) is 0.163. The minimum Gasteiger partial charge on any atom is -0.507 e. The van der Waals surface area contributed by atoms with Crippen molar-refractivity contribution in [3.8, 4) is 11.5 Å². The number of rotatable bonds is 6. The summed E-state index contributed by atoms with van der Waals surface area (Å²) in [5.41, 5.74) is 4.97. The smallest absolute Gasteiger partial charge is 0.301 e. The van der Waals surface area contributed by atoms with Gasteiger partial charge in [0.1, 0.15) is 23.4 Å². The van der Waals surface area contributed by atoms with Crippen LogP contribution < -0.4 is 14.4 Å². The van der Waals surface area contributed by atoms with Crippen molar-refractivity contribution in [2.24, 2.45) is 0 Å². The lowest BCUT2D eigenvalue weighted by Crippen LogP contribution is -2.29. The van der Waals surface area contributed by atoms with Gasteiger partial charge in [-0.25, -0.2) is 4.98 Å². The Bertz CT molecular complexity index is 1700. The van der Waals surface area contributed by atoms with Gasteiger partial charge in [-0.2, -0.15) is 0 Å². The summed E-state index contributed by atoms with van der Waals surface area (Å²) >= 11 is 1.36. The van der Waals surface area contributed by atoms with Gasteiger partial charge in [0, 0.05) is 12.0 Å². The second-order valence-electron chi connectivity index (χ2n) is 10.5. The molecule has 0 saturated carbocycles. The highest BCUT2D eigenvalue weighted by molar-refractivity contribution is 7.22. The fourth-order valence-electron chi connectivity index (χ4n) is 5.53. The van der Waals surface area contributed by atoms with Crippen LogP contribution >= 0.6 is 11.3 Å². The van der Waals surface area contributed by atoms with Crippen LogP contribution in [0.2, 0.25) is 0 Å². The number of fused-ring (bicyclic) bond motifs is 2. The van der Waals surface area contributed by atoms with Gasteiger partial charge >= 0.3 is 5.91 Å². The van der Waals surface area contributed by atoms with Gasteiger partial charge in [0.25, 0.3) is 5.78 Å². The van der Waals surface area contributed by atoms with Gasteiger partial charge in [-0.1, -0.05) is 36.5 Å². The van der Waals surface area contributed by atoms with Gasteiger partial charge in [0.05, 0.1) is 28.4 Å². The summed E-state index contributed by atoms with van der Waals surface area (Å²) < 4.78 is 12.6. The predicted molar refractivity (Wildman–Crippen MR) is 156 cm³/mol. The Balaban J connectivity index is 1.53. The SMILES string of the molecule is CCCOc1cccc([C@@H]2C(=C(O)c3ccc4c(c3)C[C@H](C)O4)C(=O)C(=O)N2c2nc3c(C)cc(C)cc3s2)c1. The Hall–Kier alpha value is -4.17. The van der Waals surface area contributed by atoms with Gasteiger partial charge in [0.2, 0.25) is 0 Å². The van der Waals surface area contributed by atoms with Crippen LogP contribution in [0.15, 0.2) is 60.2 Å². The molecule has 2 atom stereocenters. The van der Waals surface area contributed by atoms with E-state index < -0.39 is 17.7 Å². The first kappa shape index (κ1) is 26.1. The minimum absolute atomic E-state index is 0.0247. The van der Waals surface area contributed by atoms with E-state index in [9.17, 15) is 14.7 Å². The maximum atomic E-state index is 13.7. The predicted octanol–water partition coefficient (Wildman–Crippen LogP) is 6.65. The Morgan fingerprint density at radius 1 is 1.15 bits per heavy atom. The largest absolute Gasteiger partial charge is 0.507 e. The summed E-state index contributed by atoms with van der Waals surface area (Å²) in [6.07, 6.45) is 1.58. The number of nitrogens with zero attached hydrogens (tertiary/aromatic N) is 2. The molecule has 1 amide bonds. The van der Waals surface area contributed by atoms with Crippen LogP contribution in [0, 0.1) is 13.8 Å². The number of aliphatic hydroxyl groups is 1. The van der Waals surface area contributed by atoms with E-state index in [0.29, 0.717) is 35.0 Å². The van der Waals surface area contributed by atoms with Gasteiger partial charge in [-0.15, -0.1) is 0 Å². The van der Waals surface area contributed by atoms with Crippen molar-refractivity contribution in [3.63, 3.8) is 0 Å². The Morgan fingerprint density at radius 3 is 2.77 bits per heavy atom. The molecule has 1 aromatic heterocycles. The Labute approximate surface area is 236 Å². The fourth-order valence-corrected chi connectivity index (χ4v) is 6.69. The zero-order valence-electron chi connectivity index (χ0n) is 22.9. The van der Waals surface area contributed by atoms with E-state index in [0.717, 1.165) is 39.1 Å². The fraction of sp³-hybridized carbons (Fsp3) is 0.281. The molecule has 1 fully saturated rings. The van der Waals surface area contributed by atoms with Crippen molar-refractivity contribution in [3.05, 3.63) is 88.0 Å². The van der Waals surface area contributed by atoms with E-state index in [1.165, 1.54) is 16.2 Å². The summed E-state index contributed by atoms with van der Waals surface area (Å²) in [5.74, 6) is -0.301. The van der Waals surface area contributed by atoms with E-state index in [2.05, 4.69) is 0 Å². The summed E-state index contributed by atoms with van der Waals surface area (Å²) in [7, 11) is 0. The molecule has 2 aliphatic heterocycles. The average Bonchev–Trinajstić information content (AvgIpc) is 3.59. The third-order valence-electron chi connectivity index (χ3n) is 7.29. The molecule has 204 valence electrons. The Morgan fingerprint density at radius 2 is 1.98 bits per heavy atom. The number of amides is 1. The van der Waals surface area contributed by atoms with Crippen LogP contribution in [0.25, 0.3) is 16.0 Å². The van der Waals surface area contributed by atoms with E-state index in [4.69, 9.17) is 14.5 Å². The summed E-state index contributed by atoms with van der Waals surface area (Å²) in [5, 5.41) is 12.0. The number of thiazole rings is 1. The number of anilines is 1. The molecule has 6 rings (SSSR count). The average molecular weight is 555 g/mol. The third kappa shape index (κ3) is 4.42. The molecular formula is C32H30N2O5S. The first-order valence-electron chi connectivity index (χ1n) is 13.5. The third-order valence-corrected chi connectivity index (χ3v) is 8.29. The van der Waals surface area contributed by atoms with Gasteiger partial charge in [-0.05, 0) is 85.8 Å². The van der Waals surface area contributed by atoms with E-state index in [1.807, 2.05) is 70.2 Å². The number of carbonyl (C=O) groups is 2. The summed E-state index contributed by atoms with van der Waals surface area (Å²) in [6.45, 7) is 8.55. The molecule has 2 aliphatic rings. The number of aromatic nitrogens is 1. The molecule has 8 heteroatoms. The molecule has 4 aromatic rings. The molecule has 0 spiro atoms. The van der Waals surface area contributed by atoms with Crippen LogP contribution in [0.3, 0.4) is 0 Å². The van der Waals surface area contributed by atoms with Gasteiger partial charge < -0.3 is 14.6 Å². The number of ketones is 1. The summed E-state index contributed by atoms with van der Waals surface area (Å²) in [6, 6.07) is 15.9. The molecule has 0 bridgehead atoms. The molecule has 0 radical (unpaired) electrons. The maximum Gasteiger partial charge on any atom is 0.301 e. The molecule has 1 N–H and O–H groups in total. The lowest BCUT2D eigenvalue weighted by Gasteiger charge is -2.23. The van der Waals surface area contributed by atoms with Crippen molar-refractivity contribution < 1.29 is 24.2 Å². The molecule has 0 aliphatic carbocycles.